The van der Waals surface area contributed by atoms with E-state index in [1.54, 1.807) is 5.32 Å². The van der Waals surface area contributed by atoms with E-state index < -0.39 is 20.9 Å². The van der Waals surface area contributed by atoms with Crippen LogP contribution < -0.4 is 5.32 Å². The molecule has 0 atom stereocenters. The molecule has 0 aliphatic carbocycles. The highest BCUT2D eigenvalue weighted by Crippen LogP contribution is 2.14. The molecule has 0 spiro atoms. The number of imide groups is 1. The second kappa shape index (κ2) is 4.20. The predicted octanol–water partition coefficient (Wildman–Crippen LogP) is -0.270. The minimum atomic E-state index is -4.49. The molecule has 2 N–H and O–H groups in total. The highest BCUT2D eigenvalue weighted by molar-refractivity contribution is 7.86. The molecule has 6 nitrogen and oxygen atoms in total. The molecule has 1 aromatic carbocycles. The van der Waals surface area contributed by atoms with Crippen molar-refractivity contribution < 1.29 is 22.6 Å². The van der Waals surface area contributed by atoms with Gasteiger partial charge in [-0.3, -0.25) is 19.5 Å². The van der Waals surface area contributed by atoms with Crippen LogP contribution in [0.4, 0.5) is 0 Å². The Morgan fingerprint density at radius 2 is 1.93 bits per heavy atom. The minimum absolute atomic E-state index is 0.316. The fraction of sp³-hybridized carbons (Fsp3) is 0. The lowest BCUT2D eigenvalue weighted by atomic mass is 10.2. The second-order valence-corrected chi connectivity index (χ2v) is 3.92. The maximum atomic E-state index is 11.2. The van der Waals surface area contributed by atoms with Crippen LogP contribution in [0, 0.1) is 0 Å². The summed E-state index contributed by atoms with van der Waals surface area (Å²) >= 11 is 0. The van der Waals surface area contributed by atoms with Gasteiger partial charge in [-0.15, -0.1) is 0 Å². The van der Waals surface area contributed by atoms with E-state index in [1.807, 2.05) is 0 Å². The summed E-state index contributed by atoms with van der Waals surface area (Å²) in [6.45, 7) is 0. The van der Waals surface area contributed by atoms with Gasteiger partial charge in [-0.05, 0) is 12.1 Å². The normalized spacial score (nSPS) is 10.7. The number of hydrogen-bond acceptors (Lipinski definition) is 4. The highest BCUT2D eigenvalue weighted by Gasteiger charge is 2.19. The molecule has 1 radical (unpaired) electrons. The molecule has 1 rings (SSSR count). The van der Waals surface area contributed by atoms with Crippen molar-refractivity contribution >= 4 is 22.4 Å². The summed E-state index contributed by atoms with van der Waals surface area (Å²) in [4.78, 5) is 20.5. The van der Waals surface area contributed by atoms with E-state index >= 15 is 0 Å². The summed E-state index contributed by atoms with van der Waals surface area (Å²) in [6, 6.07) is 4.95. The Balaban J connectivity index is 3.30. The molecule has 1 aromatic rings. The summed E-state index contributed by atoms with van der Waals surface area (Å²) in [5, 5.41) is 1.65. The summed E-state index contributed by atoms with van der Waals surface area (Å²) in [5.74, 6) is -0.946. The third kappa shape index (κ3) is 2.61. The standard InChI is InChI=1S/C8H6NO5S/c10-5-9-8(11)6-3-1-2-4-7(6)15(12,13)14/h1-4H,(H,9,10,11)(H,12,13,14). The molecular formula is C8H6NO5S. The van der Waals surface area contributed by atoms with Crippen molar-refractivity contribution in [2.24, 2.45) is 0 Å². The van der Waals surface area contributed by atoms with E-state index in [1.165, 1.54) is 12.1 Å². The van der Waals surface area contributed by atoms with Gasteiger partial charge in [-0.1, -0.05) is 12.1 Å². The van der Waals surface area contributed by atoms with Gasteiger partial charge in [-0.2, -0.15) is 8.42 Å². The maximum Gasteiger partial charge on any atom is 0.316 e. The van der Waals surface area contributed by atoms with E-state index in [-0.39, 0.29) is 5.56 Å². The smallest absolute Gasteiger partial charge is 0.284 e. The highest BCUT2D eigenvalue weighted by atomic mass is 32.2. The SMILES string of the molecule is O=[C]NC(=O)c1ccccc1S(=O)(=O)O. The van der Waals surface area contributed by atoms with Crippen LogP contribution in [0.3, 0.4) is 0 Å². The second-order valence-electron chi connectivity index (χ2n) is 2.53. The number of benzene rings is 1. The van der Waals surface area contributed by atoms with Crippen LogP contribution in [0.5, 0.6) is 0 Å². The van der Waals surface area contributed by atoms with Crippen molar-refractivity contribution in [3.05, 3.63) is 29.8 Å². The van der Waals surface area contributed by atoms with Crippen LogP contribution >= 0.6 is 0 Å². The fourth-order valence-electron chi connectivity index (χ4n) is 0.993. The molecule has 0 heterocycles. The number of amides is 2. The van der Waals surface area contributed by atoms with Crippen molar-refractivity contribution in [1.29, 1.82) is 0 Å². The van der Waals surface area contributed by atoms with Crippen LogP contribution in [-0.2, 0) is 14.9 Å². The molecule has 0 aromatic heterocycles. The third-order valence-electron chi connectivity index (χ3n) is 1.57. The first-order chi connectivity index (χ1) is 6.96. The van der Waals surface area contributed by atoms with Crippen LogP contribution in [0.1, 0.15) is 10.4 Å². The van der Waals surface area contributed by atoms with Crippen molar-refractivity contribution in [2.75, 3.05) is 0 Å². The molecule has 0 unspecified atom stereocenters. The quantitative estimate of drug-likeness (QED) is 0.548. The average Bonchev–Trinajstić information content (AvgIpc) is 2.17. The van der Waals surface area contributed by atoms with Crippen molar-refractivity contribution in [3.63, 3.8) is 0 Å². The van der Waals surface area contributed by atoms with Gasteiger partial charge < -0.3 is 0 Å². The average molecular weight is 228 g/mol. The molecule has 0 bridgehead atoms. The molecule has 7 heteroatoms. The maximum absolute atomic E-state index is 11.2. The first-order valence-corrected chi connectivity index (χ1v) is 5.15. The lowest BCUT2D eigenvalue weighted by Gasteiger charge is -2.03. The van der Waals surface area contributed by atoms with E-state index in [0.717, 1.165) is 18.5 Å². The number of hydrogen-bond donors (Lipinski definition) is 2. The van der Waals surface area contributed by atoms with Gasteiger partial charge in [0, 0.05) is 0 Å². The zero-order valence-corrected chi connectivity index (χ0v) is 8.11. The molecule has 0 saturated carbocycles. The third-order valence-corrected chi connectivity index (χ3v) is 2.49. The Labute approximate surface area is 85.7 Å². The Kier molecular flexibility index (Phi) is 3.17. The number of carbonyl (C=O) groups is 1. The first-order valence-electron chi connectivity index (χ1n) is 3.71. The van der Waals surface area contributed by atoms with E-state index in [4.69, 9.17) is 4.55 Å². The Hall–Kier alpha value is -1.73. The topological polar surface area (TPSA) is 101 Å². The van der Waals surface area contributed by atoms with Crippen LogP contribution in [0.15, 0.2) is 29.2 Å². The molecule has 0 saturated heterocycles. The van der Waals surface area contributed by atoms with Gasteiger partial charge in [0.05, 0.1) is 5.56 Å². The summed E-state index contributed by atoms with van der Waals surface area (Å²) < 4.78 is 30.5. The van der Waals surface area contributed by atoms with Crippen LogP contribution in [-0.4, -0.2) is 25.3 Å². The summed E-state index contributed by atoms with van der Waals surface area (Å²) in [5.41, 5.74) is -0.316. The predicted molar refractivity (Wildman–Crippen MR) is 49.4 cm³/mol. The van der Waals surface area contributed by atoms with E-state index in [0.29, 0.717) is 0 Å². The van der Waals surface area contributed by atoms with E-state index in [9.17, 15) is 18.0 Å². The molecule has 0 aliphatic rings. The fourth-order valence-corrected chi connectivity index (χ4v) is 1.68. The van der Waals surface area contributed by atoms with Gasteiger partial charge in [0.2, 0.25) is 0 Å². The lowest BCUT2D eigenvalue weighted by molar-refractivity contribution is 0.0972. The number of rotatable bonds is 3. The Morgan fingerprint density at radius 1 is 1.33 bits per heavy atom. The largest absolute Gasteiger partial charge is 0.316 e. The van der Waals surface area contributed by atoms with Crippen molar-refractivity contribution in [1.82, 2.24) is 5.32 Å². The van der Waals surface area contributed by atoms with E-state index in [2.05, 4.69) is 0 Å². The zero-order valence-electron chi connectivity index (χ0n) is 7.30. The van der Waals surface area contributed by atoms with Gasteiger partial charge >= 0.3 is 6.41 Å². The molecule has 15 heavy (non-hydrogen) atoms. The summed E-state index contributed by atoms with van der Waals surface area (Å²) in [6.07, 6.45) is 1.12. The van der Waals surface area contributed by atoms with Gasteiger partial charge in [0.15, 0.2) is 0 Å². The Bertz CT molecular complexity index is 494. The Morgan fingerprint density at radius 3 is 2.47 bits per heavy atom. The monoisotopic (exact) mass is 228 g/mol. The number of carbonyl (C=O) groups excluding carboxylic acids is 2. The van der Waals surface area contributed by atoms with Gasteiger partial charge in [0.25, 0.3) is 16.0 Å². The number of nitrogens with one attached hydrogen (secondary N) is 1. The lowest BCUT2D eigenvalue weighted by Crippen LogP contribution is -2.23. The van der Waals surface area contributed by atoms with Gasteiger partial charge in [0.1, 0.15) is 4.90 Å². The molecular weight excluding hydrogens is 222 g/mol. The molecule has 0 aliphatic heterocycles. The van der Waals surface area contributed by atoms with Crippen LogP contribution in [0.25, 0.3) is 0 Å². The van der Waals surface area contributed by atoms with Crippen molar-refractivity contribution in [2.45, 2.75) is 4.90 Å². The molecule has 0 fully saturated rings. The molecule has 79 valence electrons. The van der Waals surface area contributed by atoms with Crippen LogP contribution in [0.2, 0.25) is 0 Å². The van der Waals surface area contributed by atoms with Gasteiger partial charge in [-0.25, -0.2) is 0 Å². The molecule has 2 amide bonds. The first kappa shape index (κ1) is 11.3. The van der Waals surface area contributed by atoms with Crippen molar-refractivity contribution in [3.8, 4) is 0 Å². The minimum Gasteiger partial charge on any atom is -0.284 e. The zero-order chi connectivity index (χ0) is 11.5. The summed E-state index contributed by atoms with van der Waals surface area (Å²) in [7, 11) is -4.49.